The molecular formula is C66H42O9. The standard InChI is InChI=1S/C66H42O9/c1-31-13-7-19-40-46-25-37-26-47(41-20-8-14-32(2)53(41)58(37)52(31)40)62(68)74-64(70)49-29-39-30-51(45-24-12-18-36(6)57(45)60(39)55-34(4)16-10-22-43(49)55)66(72)75-65(71)50-28-38-27-48(63(69)73-61(46)67)42-21-9-15-33(3)54(42)59(38)56-35(5)17-11-23-44(50)56/h7-30H,1-6H3. The van der Waals surface area contributed by atoms with E-state index in [0.29, 0.717) is 48.5 Å². The topological polar surface area (TPSA) is 130 Å². The molecule has 0 fully saturated rings. The highest BCUT2D eigenvalue weighted by atomic mass is 16.6. The summed E-state index contributed by atoms with van der Waals surface area (Å²) in [5.74, 6) is -5.60. The largest absolute Gasteiger partial charge is 0.386 e. The summed E-state index contributed by atoms with van der Waals surface area (Å²) in [5, 5.41) is 11.2. The summed E-state index contributed by atoms with van der Waals surface area (Å²) in [4.78, 5) is 88.9. The first-order valence-corrected chi connectivity index (χ1v) is 24.6. The van der Waals surface area contributed by atoms with Crippen LogP contribution in [0.4, 0.5) is 0 Å². The van der Waals surface area contributed by atoms with Crippen LogP contribution in [0.3, 0.4) is 0 Å². The Morgan fingerprint density at radius 1 is 0.227 bits per heavy atom. The highest BCUT2D eigenvalue weighted by molar-refractivity contribution is 6.33. The van der Waals surface area contributed by atoms with Crippen LogP contribution < -0.4 is 0 Å². The van der Waals surface area contributed by atoms with E-state index in [9.17, 15) is 28.8 Å². The minimum atomic E-state index is -0.933. The van der Waals surface area contributed by atoms with Gasteiger partial charge in [0.25, 0.3) is 0 Å². The maximum atomic E-state index is 14.8. The lowest BCUT2D eigenvalue weighted by atomic mass is 9.87. The monoisotopic (exact) mass is 978 g/mol. The zero-order valence-corrected chi connectivity index (χ0v) is 41.5. The van der Waals surface area contributed by atoms with Crippen molar-refractivity contribution < 1.29 is 43.0 Å². The lowest BCUT2D eigenvalue weighted by molar-refractivity contribution is 0.0383. The lowest BCUT2D eigenvalue weighted by Crippen LogP contribution is -2.16. The Kier molecular flexibility index (Phi) is 9.94. The van der Waals surface area contributed by atoms with Gasteiger partial charge in [-0.2, -0.15) is 0 Å². The molecule has 9 bridgehead atoms. The molecule has 12 aromatic rings. The third kappa shape index (κ3) is 6.64. The van der Waals surface area contributed by atoms with Gasteiger partial charge in [0.1, 0.15) is 0 Å². The summed E-state index contributed by atoms with van der Waals surface area (Å²) in [7, 11) is 0. The third-order valence-corrected chi connectivity index (χ3v) is 15.4. The van der Waals surface area contributed by atoms with Gasteiger partial charge in [-0.15, -0.1) is 0 Å². The van der Waals surface area contributed by atoms with Crippen molar-refractivity contribution in [2.75, 3.05) is 0 Å². The van der Waals surface area contributed by atoms with Crippen LogP contribution in [0.5, 0.6) is 0 Å². The van der Waals surface area contributed by atoms with E-state index in [4.69, 9.17) is 14.2 Å². The molecule has 75 heavy (non-hydrogen) atoms. The van der Waals surface area contributed by atoms with Gasteiger partial charge in [0.15, 0.2) is 0 Å². The minimum absolute atomic E-state index is 0.0741. The number of esters is 6. The van der Waals surface area contributed by atoms with Gasteiger partial charge in [0.05, 0.1) is 33.4 Å². The Morgan fingerprint density at radius 2 is 0.387 bits per heavy atom. The highest BCUT2D eigenvalue weighted by Crippen LogP contribution is 2.44. The molecule has 1 aliphatic rings. The predicted molar refractivity (Wildman–Crippen MR) is 295 cm³/mol. The zero-order chi connectivity index (χ0) is 51.9. The van der Waals surface area contributed by atoms with Gasteiger partial charge in [-0.05, 0) is 208 Å². The number of benzene rings is 12. The maximum Gasteiger partial charge on any atom is 0.346 e. The quantitative estimate of drug-likeness (QED) is 0.0631. The van der Waals surface area contributed by atoms with Gasteiger partial charge in [0, 0.05) is 0 Å². The van der Waals surface area contributed by atoms with Crippen LogP contribution in [-0.2, 0) is 14.2 Å². The fourth-order valence-electron chi connectivity index (χ4n) is 12.1. The van der Waals surface area contributed by atoms with Crippen molar-refractivity contribution in [2.45, 2.75) is 41.5 Å². The van der Waals surface area contributed by atoms with Gasteiger partial charge in [0.2, 0.25) is 0 Å². The maximum absolute atomic E-state index is 14.8. The van der Waals surface area contributed by atoms with Crippen LogP contribution in [0.1, 0.15) is 95.5 Å². The number of ether oxygens (including phenoxy) is 3. The van der Waals surface area contributed by atoms with E-state index in [1.54, 1.807) is 72.8 Å². The van der Waals surface area contributed by atoms with Crippen LogP contribution in [-0.4, -0.2) is 35.8 Å². The second kappa shape index (κ2) is 16.5. The van der Waals surface area contributed by atoms with Crippen molar-refractivity contribution in [3.63, 3.8) is 0 Å². The van der Waals surface area contributed by atoms with E-state index >= 15 is 0 Å². The second-order valence-corrected chi connectivity index (χ2v) is 19.9. The molecule has 0 saturated heterocycles. The number of hydrogen-bond acceptors (Lipinski definition) is 9. The van der Waals surface area contributed by atoms with Crippen molar-refractivity contribution in [1.29, 1.82) is 0 Å². The number of fused-ring (bicyclic) bond motifs is 24. The zero-order valence-electron chi connectivity index (χ0n) is 41.5. The smallest absolute Gasteiger partial charge is 0.346 e. The number of carbonyl (C=O) groups is 6. The van der Waals surface area contributed by atoms with E-state index in [2.05, 4.69) is 0 Å². The highest BCUT2D eigenvalue weighted by Gasteiger charge is 2.30. The van der Waals surface area contributed by atoms with Gasteiger partial charge in [-0.25, -0.2) is 28.8 Å². The molecule has 12 aromatic carbocycles. The first-order chi connectivity index (χ1) is 36.2. The van der Waals surface area contributed by atoms with Crippen molar-refractivity contribution in [3.8, 4) is 0 Å². The van der Waals surface area contributed by atoms with Crippen LogP contribution in [0.25, 0.3) is 97.0 Å². The molecule has 0 radical (unpaired) electrons. The molecule has 0 unspecified atom stereocenters. The molecule has 0 atom stereocenters. The third-order valence-electron chi connectivity index (χ3n) is 15.4. The molecule has 1 aliphatic heterocycles. The molecule has 0 aliphatic carbocycles. The molecule has 0 spiro atoms. The predicted octanol–water partition coefficient (Wildman–Crippen LogP) is 15.2. The lowest BCUT2D eigenvalue weighted by Gasteiger charge is -2.19. The van der Waals surface area contributed by atoms with E-state index in [1.165, 1.54) is 0 Å². The number of rotatable bonds is 0. The van der Waals surface area contributed by atoms with Crippen molar-refractivity contribution in [3.05, 3.63) is 212 Å². The molecule has 0 N–H and O–H groups in total. The SMILES string of the molecule is Cc1cccc2c3cc4cc(c5cccc(C)c5c4c12)C(=O)OC(=O)c1cc2cc(c4cccc(C)c4c2c2c(C)cccc12)C(=O)OC(=O)c1cc2cc(c4cccc(C)c4c2c2c(C)cccc12)C(=O)OC3=O. The van der Waals surface area contributed by atoms with Crippen molar-refractivity contribution in [1.82, 2.24) is 0 Å². The summed E-state index contributed by atoms with van der Waals surface area (Å²) >= 11 is 0. The molecule has 9 heteroatoms. The molecular weight excluding hydrogens is 937 g/mol. The van der Waals surface area contributed by atoms with E-state index in [1.807, 2.05) is 114 Å². The van der Waals surface area contributed by atoms with Crippen molar-refractivity contribution >= 4 is 133 Å². The van der Waals surface area contributed by atoms with Gasteiger partial charge in [-0.1, -0.05) is 109 Å². The fourth-order valence-corrected chi connectivity index (χ4v) is 12.1. The van der Waals surface area contributed by atoms with E-state index in [0.717, 1.165) is 81.9 Å². The van der Waals surface area contributed by atoms with Gasteiger partial charge >= 0.3 is 35.8 Å². The Morgan fingerprint density at radius 3 is 0.547 bits per heavy atom. The van der Waals surface area contributed by atoms with Gasteiger partial charge in [-0.3, -0.25) is 0 Å². The Balaban J connectivity index is 1.13. The molecule has 9 nitrogen and oxygen atoms in total. The molecule has 1 heterocycles. The summed E-state index contributed by atoms with van der Waals surface area (Å²) in [6, 6.07) is 43.1. The summed E-state index contributed by atoms with van der Waals surface area (Å²) < 4.78 is 17.8. The first-order valence-electron chi connectivity index (χ1n) is 24.6. The summed E-state index contributed by atoms with van der Waals surface area (Å²) in [6.45, 7) is 11.6. The summed E-state index contributed by atoms with van der Waals surface area (Å²) in [6.07, 6.45) is 0. The molecule has 0 saturated carbocycles. The molecule has 0 aromatic heterocycles. The van der Waals surface area contributed by atoms with Crippen LogP contribution in [0, 0.1) is 41.5 Å². The first kappa shape index (κ1) is 45.3. The Hall–Kier alpha value is -9.60. The second-order valence-electron chi connectivity index (χ2n) is 19.9. The number of carbonyl (C=O) groups excluding carboxylic acids is 6. The van der Waals surface area contributed by atoms with Crippen molar-refractivity contribution in [2.24, 2.45) is 0 Å². The normalized spacial score (nSPS) is 13.7. The Bertz CT molecular complexity index is 3990. The number of aryl methyl sites for hydroxylation is 6. The molecule has 13 rings (SSSR count). The molecule has 0 amide bonds. The average molecular weight is 979 g/mol. The van der Waals surface area contributed by atoms with Crippen LogP contribution >= 0.6 is 0 Å². The van der Waals surface area contributed by atoms with Gasteiger partial charge < -0.3 is 14.2 Å². The van der Waals surface area contributed by atoms with Crippen LogP contribution in [0.15, 0.2) is 146 Å². The van der Waals surface area contributed by atoms with E-state index in [-0.39, 0.29) is 33.4 Å². The number of hydrogen-bond donors (Lipinski definition) is 0. The number of cyclic esters (lactones) is 6. The Labute approximate surface area is 427 Å². The molecule has 360 valence electrons. The fraction of sp³-hybridized carbons (Fsp3) is 0.0909. The summed E-state index contributed by atoms with van der Waals surface area (Å²) in [5.41, 5.74) is 5.45. The van der Waals surface area contributed by atoms with E-state index < -0.39 is 35.8 Å². The average Bonchev–Trinajstić information content (AvgIpc) is 3.40. The van der Waals surface area contributed by atoms with Crippen LogP contribution in [0.2, 0.25) is 0 Å². The minimum Gasteiger partial charge on any atom is -0.386 e.